The topological polar surface area (TPSA) is 30.2 Å². The second-order valence-corrected chi connectivity index (χ2v) is 3.74. The summed E-state index contributed by atoms with van der Waals surface area (Å²) >= 11 is 0. The molecule has 5 heteroatoms. The second kappa shape index (κ2) is 4.52. The minimum atomic E-state index is -0.919. The Morgan fingerprint density at radius 3 is 2.72 bits per heavy atom. The van der Waals surface area contributed by atoms with Gasteiger partial charge < -0.3 is 4.57 Å². The lowest BCUT2D eigenvalue weighted by Gasteiger charge is -2.00. The molecule has 0 amide bonds. The van der Waals surface area contributed by atoms with Crippen LogP contribution < -0.4 is 0 Å². The van der Waals surface area contributed by atoms with Crippen LogP contribution in [-0.2, 0) is 7.05 Å². The number of allylic oxidation sites excluding steroid dienone is 1. The molecule has 0 saturated carbocycles. The number of halogens is 2. The fourth-order valence-corrected chi connectivity index (χ4v) is 1.67. The Labute approximate surface area is 103 Å². The van der Waals surface area contributed by atoms with E-state index in [1.807, 2.05) is 0 Å². The van der Waals surface area contributed by atoms with Crippen LogP contribution in [0.1, 0.15) is 5.82 Å². The van der Waals surface area contributed by atoms with Crippen LogP contribution in [0.4, 0.5) is 8.78 Å². The molecule has 2 aromatic rings. The van der Waals surface area contributed by atoms with E-state index < -0.39 is 11.6 Å². The Kier molecular flexibility index (Phi) is 3.06. The minimum absolute atomic E-state index is 0.375. The van der Waals surface area contributed by atoms with Crippen molar-refractivity contribution in [1.29, 1.82) is 0 Å². The number of rotatable bonds is 3. The zero-order valence-corrected chi connectivity index (χ0v) is 9.82. The SMILES string of the molecule is C=CN=CC(=C)c1nc2cc(F)c(F)cc2n1C. The van der Waals surface area contributed by atoms with Crippen molar-refractivity contribution in [2.45, 2.75) is 0 Å². The molecule has 0 spiro atoms. The molecule has 0 radical (unpaired) electrons. The lowest BCUT2D eigenvalue weighted by molar-refractivity contribution is 0.510. The summed E-state index contributed by atoms with van der Waals surface area (Å²) < 4.78 is 27.9. The van der Waals surface area contributed by atoms with Crippen molar-refractivity contribution in [2.24, 2.45) is 12.0 Å². The molecule has 0 aliphatic heterocycles. The Morgan fingerprint density at radius 2 is 2.06 bits per heavy atom. The monoisotopic (exact) mass is 247 g/mol. The molecule has 0 saturated heterocycles. The van der Waals surface area contributed by atoms with Crippen molar-refractivity contribution in [1.82, 2.24) is 9.55 Å². The molecule has 0 aliphatic carbocycles. The molecular weight excluding hydrogens is 236 g/mol. The van der Waals surface area contributed by atoms with Gasteiger partial charge in [-0.1, -0.05) is 13.2 Å². The predicted molar refractivity (Wildman–Crippen MR) is 68.4 cm³/mol. The highest BCUT2D eigenvalue weighted by molar-refractivity contribution is 6.08. The summed E-state index contributed by atoms with van der Waals surface area (Å²) in [6.45, 7) is 7.24. The van der Waals surface area contributed by atoms with E-state index in [9.17, 15) is 8.78 Å². The maximum Gasteiger partial charge on any atom is 0.161 e. The van der Waals surface area contributed by atoms with Crippen molar-refractivity contribution in [2.75, 3.05) is 0 Å². The van der Waals surface area contributed by atoms with E-state index in [-0.39, 0.29) is 0 Å². The van der Waals surface area contributed by atoms with Crippen molar-refractivity contribution >= 4 is 22.8 Å². The van der Waals surface area contributed by atoms with Gasteiger partial charge in [-0.05, 0) is 0 Å². The van der Waals surface area contributed by atoms with E-state index >= 15 is 0 Å². The molecule has 0 bridgehead atoms. The Balaban J connectivity index is 2.60. The molecule has 0 aliphatic rings. The standard InChI is InChI=1S/C13H11F2N3/c1-4-16-7-8(2)13-17-11-5-9(14)10(15)6-12(11)18(13)3/h4-7H,1-2H2,3H3. The average molecular weight is 247 g/mol. The molecule has 0 atom stereocenters. The van der Waals surface area contributed by atoms with Gasteiger partial charge in [-0.2, -0.15) is 0 Å². The third-order valence-electron chi connectivity index (χ3n) is 2.55. The predicted octanol–water partition coefficient (Wildman–Crippen LogP) is 3.08. The smallest absolute Gasteiger partial charge is 0.161 e. The van der Waals surface area contributed by atoms with Gasteiger partial charge in [0.05, 0.1) is 11.0 Å². The first-order valence-electron chi connectivity index (χ1n) is 5.19. The van der Waals surface area contributed by atoms with E-state index in [0.29, 0.717) is 22.4 Å². The van der Waals surface area contributed by atoms with Crippen molar-refractivity contribution < 1.29 is 8.78 Å². The van der Waals surface area contributed by atoms with Crippen LogP contribution in [0.25, 0.3) is 16.6 Å². The molecule has 0 N–H and O–H groups in total. The molecule has 1 aromatic carbocycles. The fourth-order valence-electron chi connectivity index (χ4n) is 1.67. The van der Waals surface area contributed by atoms with Gasteiger partial charge in [-0.15, -0.1) is 0 Å². The van der Waals surface area contributed by atoms with E-state index in [0.717, 1.165) is 12.1 Å². The summed E-state index contributed by atoms with van der Waals surface area (Å²) in [6, 6.07) is 2.17. The number of hydrogen-bond donors (Lipinski definition) is 0. The highest BCUT2D eigenvalue weighted by atomic mass is 19.2. The van der Waals surface area contributed by atoms with Gasteiger partial charge in [0, 0.05) is 37.2 Å². The fraction of sp³-hybridized carbons (Fsp3) is 0.0769. The van der Waals surface area contributed by atoms with E-state index in [2.05, 4.69) is 23.1 Å². The molecule has 0 fully saturated rings. The lowest BCUT2D eigenvalue weighted by atomic mass is 10.3. The molecule has 0 unspecified atom stereocenters. The van der Waals surface area contributed by atoms with E-state index in [4.69, 9.17) is 0 Å². The van der Waals surface area contributed by atoms with Crippen molar-refractivity contribution in [3.05, 3.63) is 48.9 Å². The Bertz CT molecular complexity index is 668. The van der Waals surface area contributed by atoms with Gasteiger partial charge in [0.25, 0.3) is 0 Å². The third kappa shape index (κ3) is 1.95. The molecule has 92 valence electrons. The number of nitrogens with zero attached hydrogens (tertiary/aromatic N) is 3. The van der Waals surface area contributed by atoms with Crippen molar-refractivity contribution in [3.63, 3.8) is 0 Å². The molecule has 2 rings (SSSR count). The number of aryl methyl sites for hydroxylation is 1. The van der Waals surface area contributed by atoms with Crippen LogP contribution in [0.3, 0.4) is 0 Å². The molecule has 1 aromatic heterocycles. The summed E-state index contributed by atoms with van der Waals surface area (Å²) in [5.74, 6) is -1.32. The van der Waals surface area contributed by atoms with Gasteiger partial charge in [-0.3, -0.25) is 4.99 Å². The second-order valence-electron chi connectivity index (χ2n) is 3.74. The number of imidazole rings is 1. The summed E-state index contributed by atoms with van der Waals surface area (Å²) in [5.41, 5.74) is 1.41. The number of hydrogen-bond acceptors (Lipinski definition) is 2. The van der Waals surface area contributed by atoms with Crippen molar-refractivity contribution in [3.8, 4) is 0 Å². The summed E-state index contributed by atoms with van der Waals surface area (Å²) in [4.78, 5) is 8.03. The zero-order valence-electron chi connectivity index (χ0n) is 9.82. The summed E-state index contributed by atoms with van der Waals surface area (Å²) in [7, 11) is 1.70. The number of benzene rings is 1. The first-order chi connectivity index (χ1) is 8.54. The number of aromatic nitrogens is 2. The van der Waals surface area contributed by atoms with Gasteiger partial charge in [0.2, 0.25) is 0 Å². The number of fused-ring (bicyclic) bond motifs is 1. The quantitative estimate of drug-likeness (QED) is 0.766. The van der Waals surface area contributed by atoms with Gasteiger partial charge >= 0.3 is 0 Å². The lowest BCUT2D eigenvalue weighted by Crippen LogP contribution is -1.97. The van der Waals surface area contributed by atoms with Crippen LogP contribution in [0.15, 0.2) is 36.5 Å². The van der Waals surface area contributed by atoms with Gasteiger partial charge in [-0.25, -0.2) is 13.8 Å². The normalized spacial score (nSPS) is 11.3. The summed E-state index contributed by atoms with van der Waals surface area (Å²) in [5, 5.41) is 0. The summed E-state index contributed by atoms with van der Waals surface area (Å²) in [6.07, 6.45) is 2.86. The molecular formula is C13H11F2N3. The Morgan fingerprint density at radius 1 is 1.39 bits per heavy atom. The van der Waals surface area contributed by atoms with Crippen LogP contribution in [0, 0.1) is 11.6 Å². The van der Waals surface area contributed by atoms with Gasteiger partial charge in [0.15, 0.2) is 11.6 Å². The average Bonchev–Trinajstić information content (AvgIpc) is 2.65. The highest BCUT2D eigenvalue weighted by Gasteiger charge is 2.13. The molecule has 3 nitrogen and oxygen atoms in total. The maximum absolute atomic E-state index is 13.2. The van der Waals surface area contributed by atoms with Crippen LogP contribution in [0.5, 0.6) is 0 Å². The first kappa shape index (κ1) is 12.2. The molecule has 18 heavy (non-hydrogen) atoms. The van der Waals surface area contributed by atoms with Gasteiger partial charge in [0.1, 0.15) is 5.82 Å². The van der Waals surface area contributed by atoms with Crippen LogP contribution in [0.2, 0.25) is 0 Å². The maximum atomic E-state index is 13.2. The van der Waals surface area contributed by atoms with Crippen LogP contribution in [-0.4, -0.2) is 15.8 Å². The van der Waals surface area contributed by atoms with Crippen LogP contribution >= 0.6 is 0 Å². The van der Waals surface area contributed by atoms with E-state index in [1.54, 1.807) is 11.6 Å². The largest absolute Gasteiger partial charge is 0.327 e. The van der Waals surface area contributed by atoms with E-state index in [1.165, 1.54) is 12.4 Å². The molecule has 1 heterocycles. The highest BCUT2D eigenvalue weighted by Crippen LogP contribution is 2.21. The minimum Gasteiger partial charge on any atom is -0.327 e. The zero-order chi connectivity index (χ0) is 13.3. The third-order valence-corrected chi connectivity index (χ3v) is 2.55. The number of aliphatic imine (C=N–C) groups is 1. The first-order valence-corrected chi connectivity index (χ1v) is 5.19. The Hall–Kier alpha value is -2.30.